The van der Waals surface area contributed by atoms with Crippen LogP contribution in [0.4, 0.5) is 0 Å². The van der Waals surface area contributed by atoms with Crippen molar-refractivity contribution >= 4 is 22.7 Å². The Balaban J connectivity index is 1.84. The summed E-state index contributed by atoms with van der Waals surface area (Å²) < 4.78 is 5.47. The molecule has 7 nitrogen and oxygen atoms in total. The van der Waals surface area contributed by atoms with Crippen molar-refractivity contribution in [3.8, 4) is 0 Å². The predicted molar refractivity (Wildman–Crippen MR) is 105 cm³/mol. The lowest BCUT2D eigenvalue weighted by molar-refractivity contribution is -0.132. The number of ether oxygens (including phenoxy) is 1. The quantitative estimate of drug-likeness (QED) is 0.356. The molecule has 0 aliphatic heterocycles. The van der Waals surface area contributed by atoms with Crippen molar-refractivity contribution in [1.29, 1.82) is 5.41 Å². The van der Waals surface area contributed by atoms with Gasteiger partial charge in [0.25, 0.3) is 0 Å². The summed E-state index contributed by atoms with van der Waals surface area (Å²) >= 11 is 0. The molecule has 0 aliphatic rings. The van der Waals surface area contributed by atoms with Crippen molar-refractivity contribution in [1.82, 2.24) is 15.3 Å². The summed E-state index contributed by atoms with van der Waals surface area (Å²) in [5.41, 5.74) is 1.09. The van der Waals surface area contributed by atoms with Crippen LogP contribution in [0.2, 0.25) is 0 Å². The molecule has 144 valence electrons. The molecule has 7 heteroatoms. The lowest BCUT2D eigenvalue weighted by Gasteiger charge is -2.19. The number of carbonyl (C=O) groups is 1. The summed E-state index contributed by atoms with van der Waals surface area (Å²) in [6, 6.07) is 7.82. The van der Waals surface area contributed by atoms with Crippen molar-refractivity contribution < 1.29 is 14.6 Å². The Morgan fingerprint density at radius 1 is 1.33 bits per heavy atom. The zero-order valence-electron chi connectivity index (χ0n) is 16.0. The standard InChI is InChI=1S/C20H26N4O3/c1-20(2,3)27-13-17(21)16(19(25)26)12-22-10-5-7-15-9-8-14-6-4-11-23-18(14)24-15/h4,6,8-9,11-12,21-22H,5,7,10,13H2,1-3H3,(H,25,26)/b16-12+,21-17?. The lowest BCUT2D eigenvalue weighted by Crippen LogP contribution is -2.27. The molecule has 3 N–H and O–H groups in total. The Hall–Kier alpha value is -2.80. The Bertz CT molecular complexity index is 840. The highest BCUT2D eigenvalue weighted by Crippen LogP contribution is 2.10. The first-order valence-electron chi connectivity index (χ1n) is 8.85. The van der Waals surface area contributed by atoms with Crippen LogP contribution in [0.3, 0.4) is 0 Å². The zero-order valence-corrected chi connectivity index (χ0v) is 16.0. The molecule has 0 aromatic carbocycles. The van der Waals surface area contributed by atoms with Gasteiger partial charge in [-0.1, -0.05) is 0 Å². The van der Waals surface area contributed by atoms with Crippen LogP contribution in [-0.4, -0.2) is 45.5 Å². The maximum absolute atomic E-state index is 11.4. The number of nitrogens with zero attached hydrogens (tertiary/aromatic N) is 2. The fraction of sp³-hybridized carbons (Fsp3) is 0.400. The highest BCUT2D eigenvalue weighted by molar-refractivity contribution is 6.18. The van der Waals surface area contributed by atoms with Crippen LogP contribution in [0.25, 0.3) is 11.0 Å². The zero-order chi connectivity index (χ0) is 19.9. The summed E-state index contributed by atoms with van der Waals surface area (Å²) in [5, 5.41) is 21.2. The summed E-state index contributed by atoms with van der Waals surface area (Å²) in [6.45, 7) is 6.11. The van der Waals surface area contributed by atoms with Gasteiger partial charge in [0.05, 0.1) is 23.5 Å². The van der Waals surface area contributed by atoms with Gasteiger partial charge in [-0.25, -0.2) is 14.8 Å². The summed E-state index contributed by atoms with van der Waals surface area (Å²) in [5.74, 6) is -1.15. The van der Waals surface area contributed by atoms with Gasteiger partial charge in [-0.15, -0.1) is 0 Å². The van der Waals surface area contributed by atoms with Gasteiger partial charge in [0.2, 0.25) is 0 Å². The molecule has 0 fully saturated rings. The minimum absolute atomic E-state index is 0.0443. The van der Waals surface area contributed by atoms with E-state index in [-0.39, 0.29) is 17.9 Å². The number of carboxylic acid groups (broad SMARTS) is 1. The Morgan fingerprint density at radius 2 is 2.11 bits per heavy atom. The van der Waals surface area contributed by atoms with E-state index in [1.807, 2.05) is 45.0 Å². The molecule has 0 aliphatic carbocycles. The number of nitrogens with one attached hydrogen (secondary N) is 2. The molecule has 0 spiro atoms. The van der Waals surface area contributed by atoms with Gasteiger partial charge >= 0.3 is 5.97 Å². The number of aromatic nitrogens is 2. The fourth-order valence-electron chi connectivity index (χ4n) is 2.32. The van der Waals surface area contributed by atoms with E-state index >= 15 is 0 Å². The fourth-order valence-corrected chi connectivity index (χ4v) is 2.32. The number of rotatable bonds is 9. The monoisotopic (exact) mass is 370 g/mol. The van der Waals surface area contributed by atoms with Crippen LogP contribution < -0.4 is 5.32 Å². The Morgan fingerprint density at radius 3 is 2.81 bits per heavy atom. The van der Waals surface area contributed by atoms with Gasteiger partial charge in [-0.05, 0) is 57.9 Å². The maximum atomic E-state index is 11.4. The smallest absolute Gasteiger partial charge is 0.339 e. The first kappa shape index (κ1) is 20.5. The lowest BCUT2D eigenvalue weighted by atomic mass is 10.1. The third-order valence-electron chi connectivity index (χ3n) is 3.73. The number of aliphatic carboxylic acids is 1. The Kier molecular flexibility index (Phi) is 7.01. The van der Waals surface area contributed by atoms with E-state index in [0.29, 0.717) is 6.54 Å². The normalized spacial score (nSPS) is 12.2. The molecular weight excluding hydrogens is 344 g/mol. The van der Waals surface area contributed by atoms with Crippen LogP contribution in [0.1, 0.15) is 32.9 Å². The molecule has 2 aromatic rings. The first-order chi connectivity index (χ1) is 12.8. The highest BCUT2D eigenvalue weighted by Gasteiger charge is 2.17. The van der Waals surface area contributed by atoms with Gasteiger partial charge in [0.15, 0.2) is 5.65 Å². The Labute approximate surface area is 159 Å². The van der Waals surface area contributed by atoms with E-state index in [0.717, 1.165) is 29.6 Å². The molecule has 0 bridgehead atoms. The van der Waals surface area contributed by atoms with Crippen molar-refractivity contribution in [2.75, 3.05) is 13.2 Å². The van der Waals surface area contributed by atoms with E-state index in [9.17, 15) is 9.90 Å². The van der Waals surface area contributed by atoms with Gasteiger partial charge in [-0.2, -0.15) is 0 Å². The van der Waals surface area contributed by atoms with Crippen LogP contribution >= 0.6 is 0 Å². The topological polar surface area (TPSA) is 108 Å². The maximum Gasteiger partial charge on any atom is 0.339 e. The molecule has 27 heavy (non-hydrogen) atoms. The molecule has 0 amide bonds. The number of pyridine rings is 2. The van der Waals surface area contributed by atoms with Crippen molar-refractivity contribution in [2.45, 2.75) is 39.2 Å². The number of aryl methyl sites for hydroxylation is 1. The molecule has 0 saturated carbocycles. The predicted octanol–water partition coefficient (Wildman–Crippen LogP) is 2.96. The van der Waals surface area contributed by atoms with Crippen LogP contribution in [-0.2, 0) is 16.0 Å². The van der Waals surface area contributed by atoms with Crippen LogP contribution in [0.15, 0.2) is 42.2 Å². The van der Waals surface area contributed by atoms with E-state index in [1.165, 1.54) is 6.20 Å². The SMILES string of the molecule is CC(C)(C)OCC(=N)/C(=C\NCCCc1ccc2cccnc2n1)C(=O)O. The average Bonchev–Trinajstić information content (AvgIpc) is 2.61. The van der Waals surface area contributed by atoms with E-state index in [4.69, 9.17) is 10.1 Å². The second-order valence-electron chi connectivity index (χ2n) is 7.15. The van der Waals surface area contributed by atoms with E-state index in [1.54, 1.807) is 6.20 Å². The number of hydrogen-bond acceptors (Lipinski definition) is 6. The van der Waals surface area contributed by atoms with Gasteiger partial charge < -0.3 is 20.6 Å². The van der Waals surface area contributed by atoms with E-state index in [2.05, 4.69) is 15.3 Å². The largest absolute Gasteiger partial charge is 0.478 e. The van der Waals surface area contributed by atoms with Gasteiger partial charge in [0, 0.05) is 30.0 Å². The van der Waals surface area contributed by atoms with Crippen LogP contribution in [0.5, 0.6) is 0 Å². The molecule has 0 atom stereocenters. The first-order valence-corrected chi connectivity index (χ1v) is 8.85. The number of fused-ring (bicyclic) bond motifs is 1. The molecule has 0 unspecified atom stereocenters. The van der Waals surface area contributed by atoms with Gasteiger partial charge in [0.1, 0.15) is 0 Å². The second-order valence-corrected chi connectivity index (χ2v) is 7.15. The molecule has 0 saturated heterocycles. The van der Waals surface area contributed by atoms with Gasteiger partial charge in [-0.3, -0.25) is 0 Å². The van der Waals surface area contributed by atoms with Crippen molar-refractivity contribution in [3.05, 3.63) is 47.9 Å². The van der Waals surface area contributed by atoms with E-state index < -0.39 is 11.6 Å². The average molecular weight is 370 g/mol. The summed E-state index contributed by atoms with van der Waals surface area (Å²) in [7, 11) is 0. The minimum atomic E-state index is -1.15. The molecule has 2 rings (SSSR count). The van der Waals surface area contributed by atoms with Crippen molar-refractivity contribution in [2.24, 2.45) is 0 Å². The molecule has 0 radical (unpaired) electrons. The molecule has 2 aromatic heterocycles. The highest BCUT2D eigenvalue weighted by atomic mass is 16.5. The van der Waals surface area contributed by atoms with Crippen LogP contribution in [0, 0.1) is 5.41 Å². The molecular formula is C20H26N4O3. The number of carboxylic acids is 1. The molecule has 2 heterocycles. The minimum Gasteiger partial charge on any atom is -0.478 e. The summed E-state index contributed by atoms with van der Waals surface area (Å²) in [6.07, 6.45) is 4.62. The third kappa shape index (κ3) is 6.79. The summed E-state index contributed by atoms with van der Waals surface area (Å²) in [4.78, 5) is 20.1. The van der Waals surface area contributed by atoms with Crippen molar-refractivity contribution in [3.63, 3.8) is 0 Å². The second kappa shape index (κ2) is 9.23. The number of hydrogen-bond donors (Lipinski definition) is 3. The third-order valence-corrected chi connectivity index (χ3v) is 3.73.